The van der Waals surface area contributed by atoms with Gasteiger partial charge in [-0.05, 0) is 12.0 Å². The van der Waals surface area contributed by atoms with E-state index in [0.717, 1.165) is 0 Å². The third-order valence-electron chi connectivity index (χ3n) is 6.25. The highest BCUT2D eigenvalue weighted by atomic mass is 16.7. The summed E-state index contributed by atoms with van der Waals surface area (Å²) < 4.78 is 22.5. The Morgan fingerprint density at radius 1 is 0.879 bits per heavy atom. The number of hydrogen-bond donors (Lipinski definition) is 9. The van der Waals surface area contributed by atoms with Crippen molar-refractivity contribution >= 4 is 0 Å². The van der Waals surface area contributed by atoms with Crippen LogP contribution in [-0.2, 0) is 18.9 Å². The molecule has 3 fully saturated rings. The SMILES string of the molecule is [N-]=[N+]=N[C@H]1C[C@@H](N)[C@H](O)[C@@H](O[C@@H]2O[C@H](CO)[C@@H](O)[C@H]2O)[C@@H]1O[C@H]1O[C@H](CN)[C@@H](O)[C@H](O)[C@H]1N. The van der Waals surface area contributed by atoms with Gasteiger partial charge in [0.1, 0.15) is 42.7 Å². The summed E-state index contributed by atoms with van der Waals surface area (Å²) in [5.74, 6) is 0. The fraction of sp³-hybridized carbons (Fsp3) is 1.00. The van der Waals surface area contributed by atoms with Crippen molar-refractivity contribution in [2.45, 2.75) is 92.1 Å². The van der Waals surface area contributed by atoms with Crippen LogP contribution in [0.15, 0.2) is 5.11 Å². The molecule has 190 valence electrons. The Morgan fingerprint density at radius 3 is 2.06 bits per heavy atom. The minimum absolute atomic E-state index is 0.0147. The zero-order valence-electron chi connectivity index (χ0n) is 17.6. The zero-order valence-corrected chi connectivity index (χ0v) is 17.6. The molecule has 2 heterocycles. The summed E-state index contributed by atoms with van der Waals surface area (Å²) in [6.45, 7) is -0.761. The Labute approximate surface area is 188 Å². The normalized spacial score (nSPS) is 50.7. The molecule has 0 aromatic carbocycles. The van der Waals surface area contributed by atoms with Crippen LogP contribution >= 0.6 is 0 Å². The van der Waals surface area contributed by atoms with Crippen molar-refractivity contribution in [2.75, 3.05) is 13.2 Å². The summed E-state index contributed by atoms with van der Waals surface area (Å²) >= 11 is 0. The highest BCUT2D eigenvalue weighted by molar-refractivity contribution is 5.02. The van der Waals surface area contributed by atoms with E-state index >= 15 is 0 Å². The molecule has 0 amide bonds. The van der Waals surface area contributed by atoms with Crippen LogP contribution in [0.3, 0.4) is 0 Å². The predicted octanol–water partition coefficient (Wildman–Crippen LogP) is -5.30. The maximum Gasteiger partial charge on any atom is 0.187 e. The Balaban J connectivity index is 1.86. The lowest BCUT2D eigenvalue weighted by molar-refractivity contribution is -0.306. The van der Waals surface area contributed by atoms with E-state index in [2.05, 4.69) is 10.0 Å². The van der Waals surface area contributed by atoms with Crippen molar-refractivity contribution in [3.63, 3.8) is 0 Å². The van der Waals surface area contributed by atoms with Crippen LogP contribution in [0.1, 0.15) is 6.42 Å². The molecule has 33 heavy (non-hydrogen) atoms. The molecular weight excluding hydrogens is 448 g/mol. The third kappa shape index (κ3) is 5.24. The van der Waals surface area contributed by atoms with Gasteiger partial charge >= 0.3 is 0 Å². The molecule has 1 aliphatic carbocycles. The van der Waals surface area contributed by atoms with Crippen molar-refractivity contribution in [1.29, 1.82) is 0 Å². The topological polar surface area (TPSA) is 285 Å². The summed E-state index contributed by atoms with van der Waals surface area (Å²) in [6, 6.07) is -3.16. The number of ether oxygens (including phenoxy) is 4. The van der Waals surface area contributed by atoms with E-state index in [-0.39, 0.29) is 13.0 Å². The Hall–Kier alpha value is -1.21. The van der Waals surface area contributed by atoms with Crippen LogP contribution in [0.2, 0.25) is 0 Å². The number of aliphatic hydroxyl groups is 6. The third-order valence-corrected chi connectivity index (χ3v) is 6.25. The van der Waals surface area contributed by atoms with Crippen LogP contribution in [0, 0.1) is 0 Å². The maximum atomic E-state index is 10.7. The van der Waals surface area contributed by atoms with Crippen LogP contribution in [0.4, 0.5) is 0 Å². The molecule has 3 aliphatic rings. The van der Waals surface area contributed by atoms with Gasteiger partial charge in [-0.3, -0.25) is 0 Å². The van der Waals surface area contributed by atoms with E-state index in [1.807, 2.05) is 0 Å². The predicted molar refractivity (Wildman–Crippen MR) is 107 cm³/mol. The molecule has 0 spiro atoms. The lowest BCUT2D eigenvalue weighted by Crippen LogP contribution is -2.67. The zero-order chi connectivity index (χ0) is 24.4. The van der Waals surface area contributed by atoms with Gasteiger partial charge in [0, 0.05) is 17.5 Å². The lowest BCUT2D eigenvalue weighted by Gasteiger charge is -2.47. The molecule has 14 atom stereocenters. The standard InChI is InChI=1S/C17H32N6O10/c18-2-6-10(26)12(28)8(20)16(30-6)32-14-5(22-23-21)1-4(19)9(25)15(14)33-17-13(29)11(27)7(3-24)31-17/h4-17,24-29H,1-3,18-20H2/t4-,5+,6-,7-,8-,9+,10-,11-,12-,13-,14-,15-,16-,17+/m1/s1. The second-order valence-electron chi connectivity index (χ2n) is 8.41. The first-order valence-electron chi connectivity index (χ1n) is 10.5. The maximum absolute atomic E-state index is 10.7. The fourth-order valence-electron chi connectivity index (χ4n) is 4.27. The van der Waals surface area contributed by atoms with Gasteiger partial charge in [-0.2, -0.15) is 0 Å². The minimum atomic E-state index is -1.57. The van der Waals surface area contributed by atoms with Gasteiger partial charge in [-0.15, -0.1) is 0 Å². The largest absolute Gasteiger partial charge is 0.394 e. The molecule has 1 saturated carbocycles. The van der Waals surface area contributed by atoms with Crippen molar-refractivity contribution in [3.05, 3.63) is 10.4 Å². The van der Waals surface area contributed by atoms with Crippen LogP contribution in [-0.4, -0.2) is 129 Å². The summed E-state index contributed by atoms with van der Waals surface area (Å²) in [5.41, 5.74) is 26.5. The van der Waals surface area contributed by atoms with E-state index < -0.39 is 92.2 Å². The van der Waals surface area contributed by atoms with Gasteiger partial charge in [0.15, 0.2) is 12.6 Å². The molecule has 12 N–H and O–H groups in total. The number of aliphatic hydroxyl groups excluding tert-OH is 6. The molecule has 0 aromatic rings. The van der Waals surface area contributed by atoms with Crippen molar-refractivity contribution in [1.82, 2.24) is 0 Å². The van der Waals surface area contributed by atoms with Crippen LogP contribution in [0.5, 0.6) is 0 Å². The molecule has 2 saturated heterocycles. The average Bonchev–Trinajstić information content (AvgIpc) is 3.07. The summed E-state index contributed by atoms with van der Waals surface area (Å²) in [7, 11) is 0. The molecule has 3 rings (SSSR count). The van der Waals surface area contributed by atoms with E-state index in [4.69, 9.17) is 41.7 Å². The van der Waals surface area contributed by atoms with E-state index in [0.29, 0.717) is 0 Å². The summed E-state index contributed by atoms with van der Waals surface area (Å²) in [6.07, 6.45) is -14.9. The molecule has 0 radical (unpaired) electrons. The van der Waals surface area contributed by atoms with Gasteiger partial charge in [0.2, 0.25) is 0 Å². The number of nitrogens with two attached hydrogens (primary N) is 3. The fourth-order valence-corrected chi connectivity index (χ4v) is 4.27. The molecular formula is C17H32N6O10. The molecule has 16 heteroatoms. The smallest absolute Gasteiger partial charge is 0.187 e. The second kappa shape index (κ2) is 11.0. The Morgan fingerprint density at radius 2 is 1.48 bits per heavy atom. The number of nitrogens with zero attached hydrogens (tertiary/aromatic N) is 3. The summed E-state index contributed by atoms with van der Waals surface area (Å²) in [5, 5.41) is 64.2. The first-order chi connectivity index (χ1) is 15.6. The van der Waals surface area contributed by atoms with Crippen molar-refractivity contribution < 1.29 is 49.6 Å². The van der Waals surface area contributed by atoms with Gasteiger partial charge in [-0.25, -0.2) is 0 Å². The number of rotatable bonds is 7. The Bertz CT molecular complexity index is 701. The monoisotopic (exact) mass is 480 g/mol. The van der Waals surface area contributed by atoms with E-state index in [1.54, 1.807) is 0 Å². The van der Waals surface area contributed by atoms with Crippen molar-refractivity contribution in [2.24, 2.45) is 22.3 Å². The quantitative estimate of drug-likeness (QED) is 0.0935. The molecule has 16 nitrogen and oxygen atoms in total. The van der Waals surface area contributed by atoms with Gasteiger partial charge < -0.3 is 66.8 Å². The van der Waals surface area contributed by atoms with Crippen LogP contribution in [0.25, 0.3) is 10.4 Å². The number of azide groups is 1. The Kier molecular flexibility index (Phi) is 8.82. The second-order valence-corrected chi connectivity index (χ2v) is 8.41. The highest BCUT2D eigenvalue weighted by Crippen LogP contribution is 2.33. The van der Waals surface area contributed by atoms with Gasteiger partial charge in [0.05, 0.1) is 30.9 Å². The minimum Gasteiger partial charge on any atom is -0.394 e. The van der Waals surface area contributed by atoms with Gasteiger partial charge in [0.25, 0.3) is 0 Å². The molecule has 0 bridgehead atoms. The van der Waals surface area contributed by atoms with E-state index in [1.165, 1.54) is 0 Å². The lowest BCUT2D eigenvalue weighted by atomic mass is 9.84. The number of hydrogen-bond acceptors (Lipinski definition) is 14. The molecule has 0 aromatic heterocycles. The molecule has 2 aliphatic heterocycles. The first-order valence-corrected chi connectivity index (χ1v) is 10.5. The highest BCUT2D eigenvalue weighted by Gasteiger charge is 2.52. The van der Waals surface area contributed by atoms with Gasteiger partial charge in [-0.1, -0.05) is 5.11 Å². The van der Waals surface area contributed by atoms with Crippen LogP contribution < -0.4 is 17.2 Å². The average molecular weight is 480 g/mol. The molecule has 0 unspecified atom stereocenters. The van der Waals surface area contributed by atoms with E-state index in [9.17, 15) is 30.6 Å². The first kappa shape index (κ1) is 26.4. The van der Waals surface area contributed by atoms with Crippen molar-refractivity contribution in [3.8, 4) is 0 Å². The summed E-state index contributed by atoms with van der Waals surface area (Å²) in [4.78, 5) is 2.78.